The number of hydrogen-bond acceptors (Lipinski definition) is 5. The van der Waals surface area contributed by atoms with Gasteiger partial charge in [-0.3, -0.25) is 4.98 Å². The topological polar surface area (TPSA) is 50.7 Å². The zero-order valence-corrected chi connectivity index (χ0v) is 9.59. The maximum Gasteiger partial charge on any atom is 0.206 e. The Bertz CT molecular complexity index is 471. The molecule has 0 atom stereocenters. The average molecular weight is 238 g/mol. The Kier molecular flexibility index (Phi) is 3.40. The Labute approximate surface area is 96.6 Å². The Balaban J connectivity index is 2.22. The third-order valence-electron chi connectivity index (χ3n) is 1.95. The van der Waals surface area contributed by atoms with Crippen LogP contribution in [0, 0.1) is 5.82 Å². The highest BCUT2D eigenvalue weighted by molar-refractivity contribution is 7.18. The summed E-state index contributed by atoms with van der Waals surface area (Å²) in [5, 5.41) is 12.3. The van der Waals surface area contributed by atoms with Crippen LogP contribution in [-0.2, 0) is 0 Å². The van der Waals surface area contributed by atoms with Crippen LogP contribution in [0.1, 0.15) is 13.3 Å². The van der Waals surface area contributed by atoms with Crippen molar-refractivity contribution in [1.29, 1.82) is 0 Å². The lowest BCUT2D eigenvalue weighted by Gasteiger charge is -1.96. The van der Waals surface area contributed by atoms with Gasteiger partial charge in [0.25, 0.3) is 0 Å². The van der Waals surface area contributed by atoms with Gasteiger partial charge in [0.05, 0.1) is 11.8 Å². The second kappa shape index (κ2) is 4.98. The SMILES string of the molecule is CCCNc1nnc(-c2ccncc2F)s1. The quantitative estimate of drug-likeness (QED) is 0.889. The summed E-state index contributed by atoms with van der Waals surface area (Å²) in [6.45, 7) is 2.91. The minimum atomic E-state index is -0.374. The molecule has 0 radical (unpaired) electrons. The third-order valence-corrected chi connectivity index (χ3v) is 2.87. The lowest BCUT2D eigenvalue weighted by molar-refractivity contribution is 0.624. The molecule has 2 heterocycles. The fourth-order valence-electron chi connectivity index (χ4n) is 1.18. The number of anilines is 1. The molecule has 0 saturated carbocycles. The minimum Gasteiger partial charge on any atom is -0.360 e. The molecule has 0 fully saturated rings. The summed E-state index contributed by atoms with van der Waals surface area (Å²) in [6, 6.07) is 1.60. The molecule has 0 unspecified atom stereocenters. The van der Waals surface area contributed by atoms with Gasteiger partial charge in [-0.1, -0.05) is 18.3 Å². The molecule has 0 spiro atoms. The molecule has 0 saturated heterocycles. The van der Waals surface area contributed by atoms with Gasteiger partial charge in [-0.05, 0) is 12.5 Å². The van der Waals surface area contributed by atoms with Crippen LogP contribution in [0.3, 0.4) is 0 Å². The molecule has 0 aromatic carbocycles. The maximum absolute atomic E-state index is 13.4. The molecule has 2 aromatic heterocycles. The molecule has 0 aliphatic heterocycles. The van der Waals surface area contributed by atoms with Gasteiger partial charge < -0.3 is 5.32 Å². The largest absolute Gasteiger partial charge is 0.360 e. The standard InChI is InChI=1S/C10H11FN4S/c1-2-4-13-10-15-14-9(16-10)7-3-5-12-6-8(7)11/h3,5-6H,2,4H2,1H3,(H,13,15). The molecule has 0 amide bonds. The summed E-state index contributed by atoms with van der Waals surface area (Å²) in [4.78, 5) is 3.69. The van der Waals surface area contributed by atoms with Crippen molar-refractivity contribution in [1.82, 2.24) is 15.2 Å². The Hall–Kier alpha value is -1.56. The first-order valence-electron chi connectivity index (χ1n) is 4.98. The lowest BCUT2D eigenvalue weighted by atomic mass is 10.3. The van der Waals surface area contributed by atoms with E-state index in [9.17, 15) is 4.39 Å². The van der Waals surface area contributed by atoms with Crippen LogP contribution < -0.4 is 5.32 Å². The van der Waals surface area contributed by atoms with Crippen molar-refractivity contribution < 1.29 is 4.39 Å². The van der Waals surface area contributed by atoms with Crippen LogP contribution in [-0.4, -0.2) is 21.7 Å². The van der Waals surface area contributed by atoms with Crippen molar-refractivity contribution in [3.63, 3.8) is 0 Å². The van der Waals surface area contributed by atoms with Gasteiger partial charge in [0.1, 0.15) is 0 Å². The summed E-state index contributed by atoms with van der Waals surface area (Å²) < 4.78 is 13.4. The zero-order valence-electron chi connectivity index (χ0n) is 8.77. The van der Waals surface area contributed by atoms with Gasteiger partial charge in [0.15, 0.2) is 10.8 Å². The molecule has 0 aliphatic rings. The Morgan fingerprint density at radius 3 is 3.06 bits per heavy atom. The monoisotopic (exact) mass is 238 g/mol. The Morgan fingerprint density at radius 1 is 1.44 bits per heavy atom. The van der Waals surface area contributed by atoms with E-state index in [1.807, 2.05) is 0 Å². The minimum absolute atomic E-state index is 0.374. The van der Waals surface area contributed by atoms with Crippen molar-refractivity contribution >= 4 is 16.5 Å². The number of rotatable bonds is 4. The van der Waals surface area contributed by atoms with Crippen molar-refractivity contribution in [3.05, 3.63) is 24.3 Å². The number of pyridine rings is 1. The fourth-order valence-corrected chi connectivity index (χ4v) is 1.98. The van der Waals surface area contributed by atoms with Crippen LogP contribution in [0.25, 0.3) is 10.6 Å². The van der Waals surface area contributed by atoms with Crippen molar-refractivity contribution in [2.75, 3.05) is 11.9 Å². The fraction of sp³-hybridized carbons (Fsp3) is 0.300. The van der Waals surface area contributed by atoms with E-state index in [1.54, 1.807) is 12.3 Å². The van der Waals surface area contributed by atoms with E-state index < -0.39 is 0 Å². The van der Waals surface area contributed by atoms with E-state index in [0.29, 0.717) is 15.7 Å². The molecule has 84 valence electrons. The molecule has 0 aliphatic carbocycles. The predicted molar refractivity (Wildman–Crippen MR) is 61.9 cm³/mol. The summed E-state index contributed by atoms with van der Waals surface area (Å²) in [5.41, 5.74) is 0.442. The van der Waals surface area contributed by atoms with Gasteiger partial charge in [-0.25, -0.2) is 4.39 Å². The highest BCUT2D eigenvalue weighted by atomic mass is 32.1. The van der Waals surface area contributed by atoms with E-state index in [2.05, 4.69) is 27.4 Å². The molecular formula is C10H11FN4S. The van der Waals surface area contributed by atoms with Crippen LogP contribution in [0.5, 0.6) is 0 Å². The van der Waals surface area contributed by atoms with E-state index in [4.69, 9.17) is 0 Å². The first kappa shape index (κ1) is 10.9. The van der Waals surface area contributed by atoms with Crippen LogP contribution in [0.4, 0.5) is 9.52 Å². The average Bonchev–Trinajstić information content (AvgIpc) is 2.75. The van der Waals surface area contributed by atoms with E-state index >= 15 is 0 Å². The molecule has 4 nitrogen and oxygen atoms in total. The van der Waals surface area contributed by atoms with E-state index in [-0.39, 0.29) is 5.82 Å². The highest BCUT2D eigenvalue weighted by Crippen LogP contribution is 2.27. The van der Waals surface area contributed by atoms with Crippen molar-refractivity contribution in [3.8, 4) is 10.6 Å². The number of nitrogens with zero attached hydrogens (tertiary/aromatic N) is 3. The van der Waals surface area contributed by atoms with E-state index in [0.717, 1.165) is 13.0 Å². The summed E-state index contributed by atoms with van der Waals surface area (Å²) in [5.74, 6) is -0.374. The van der Waals surface area contributed by atoms with Gasteiger partial charge in [0, 0.05) is 12.7 Å². The first-order chi connectivity index (χ1) is 7.81. The second-order valence-electron chi connectivity index (χ2n) is 3.19. The highest BCUT2D eigenvalue weighted by Gasteiger charge is 2.10. The zero-order chi connectivity index (χ0) is 11.4. The van der Waals surface area contributed by atoms with Gasteiger partial charge >= 0.3 is 0 Å². The molecule has 2 aromatic rings. The van der Waals surface area contributed by atoms with Gasteiger partial charge in [-0.2, -0.15) is 0 Å². The molecule has 1 N–H and O–H groups in total. The predicted octanol–water partition coefficient (Wildman–Crippen LogP) is 2.56. The van der Waals surface area contributed by atoms with E-state index in [1.165, 1.54) is 17.5 Å². The van der Waals surface area contributed by atoms with Gasteiger partial charge in [0.2, 0.25) is 5.13 Å². The van der Waals surface area contributed by atoms with Crippen LogP contribution in [0.2, 0.25) is 0 Å². The third kappa shape index (κ3) is 2.33. The number of halogens is 1. The van der Waals surface area contributed by atoms with Gasteiger partial charge in [-0.15, -0.1) is 10.2 Å². The lowest BCUT2D eigenvalue weighted by Crippen LogP contribution is -1.98. The summed E-state index contributed by atoms with van der Waals surface area (Å²) >= 11 is 1.34. The molecule has 2 rings (SSSR count). The van der Waals surface area contributed by atoms with Crippen LogP contribution in [0.15, 0.2) is 18.5 Å². The number of nitrogens with one attached hydrogen (secondary N) is 1. The number of aromatic nitrogens is 3. The molecule has 0 bridgehead atoms. The Morgan fingerprint density at radius 2 is 2.31 bits per heavy atom. The normalized spacial score (nSPS) is 10.4. The summed E-state index contributed by atoms with van der Waals surface area (Å²) in [6.07, 6.45) is 3.73. The smallest absolute Gasteiger partial charge is 0.206 e. The first-order valence-corrected chi connectivity index (χ1v) is 5.80. The van der Waals surface area contributed by atoms with Crippen molar-refractivity contribution in [2.45, 2.75) is 13.3 Å². The summed E-state index contributed by atoms with van der Waals surface area (Å²) in [7, 11) is 0. The molecule has 6 heteroatoms. The maximum atomic E-state index is 13.4. The molecule has 16 heavy (non-hydrogen) atoms. The number of hydrogen-bond donors (Lipinski definition) is 1. The van der Waals surface area contributed by atoms with Crippen LogP contribution >= 0.6 is 11.3 Å². The van der Waals surface area contributed by atoms with Crippen molar-refractivity contribution in [2.24, 2.45) is 0 Å². The second-order valence-corrected chi connectivity index (χ2v) is 4.17. The molecular weight excluding hydrogens is 227 g/mol.